The molecule has 2 rings (SSSR count). The first kappa shape index (κ1) is 14.7. The average molecular weight is 299 g/mol. The highest BCUT2D eigenvalue weighted by Gasteiger charge is 2.31. The predicted molar refractivity (Wildman–Crippen MR) is 82.6 cm³/mol. The van der Waals surface area contributed by atoms with Crippen molar-refractivity contribution in [1.82, 2.24) is 10.3 Å². The first-order valence-corrected chi connectivity index (χ1v) is 8.76. The monoisotopic (exact) mass is 299 g/mol. The number of nitrogens with one attached hydrogen (secondary N) is 1. The highest BCUT2D eigenvalue weighted by molar-refractivity contribution is 8.00. The summed E-state index contributed by atoms with van der Waals surface area (Å²) in [7, 11) is 0. The molecule has 19 heavy (non-hydrogen) atoms. The minimum absolute atomic E-state index is 0.0456. The zero-order chi connectivity index (χ0) is 13.7. The van der Waals surface area contributed by atoms with Crippen LogP contribution in [0, 0.1) is 0 Å². The van der Waals surface area contributed by atoms with Crippen LogP contribution in [0.5, 0.6) is 0 Å². The number of carbonyl (C=O) groups excluding carboxylic acids is 1. The van der Waals surface area contributed by atoms with Gasteiger partial charge in [-0.1, -0.05) is 19.3 Å². The SMILES string of the molecule is CSC1(CNC(=O)Cc2csc(N)n2)CCCCC1. The summed E-state index contributed by atoms with van der Waals surface area (Å²) >= 11 is 3.28. The molecule has 1 aromatic heterocycles. The van der Waals surface area contributed by atoms with Crippen LogP contribution in [-0.2, 0) is 11.2 Å². The van der Waals surface area contributed by atoms with Crippen molar-refractivity contribution in [2.24, 2.45) is 0 Å². The van der Waals surface area contributed by atoms with Crippen molar-refractivity contribution in [3.05, 3.63) is 11.1 Å². The number of anilines is 1. The molecule has 3 N–H and O–H groups in total. The van der Waals surface area contributed by atoms with Gasteiger partial charge in [0.2, 0.25) is 5.91 Å². The van der Waals surface area contributed by atoms with Crippen LogP contribution in [0.1, 0.15) is 37.8 Å². The maximum Gasteiger partial charge on any atom is 0.226 e. The van der Waals surface area contributed by atoms with Gasteiger partial charge in [0.1, 0.15) is 0 Å². The summed E-state index contributed by atoms with van der Waals surface area (Å²) in [6.45, 7) is 0.770. The molecule has 0 spiro atoms. The Balaban J connectivity index is 1.82. The van der Waals surface area contributed by atoms with Gasteiger partial charge < -0.3 is 11.1 Å². The summed E-state index contributed by atoms with van der Waals surface area (Å²) in [6, 6.07) is 0. The average Bonchev–Trinajstić information content (AvgIpc) is 2.83. The van der Waals surface area contributed by atoms with E-state index in [-0.39, 0.29) is 10.7 Å². The van der Waals surface area contributed by atoms with Gasteiger partial charge in [-0.3, -0.25) is 4.79 Å². The number of aromatic nitrogens is 1. The number of amides is 1. The lowest BCUT2D eigenvalue weighted by Crippen LogP contribution is -2.42. The molecule has 0 saturated heterocycles. The van der Waals surface area contributed by atoms with E-state index in [9.17, 15) is 4.79 Å². The second-order valence-corrected chi connectivity index (χ2v) is 7.24. The molecule has 1 aliphatic rings. The highest BCUT2D eigenvalue weighted by Crippen LogP contribution is 2.37. The van der Waals surface area contributed by atoms with E-state index < -0.39 is 0 Å². The Morgan fingerprint density at radius 2 is 2.26 bits per heavy atom. The van der Waals surface area contributed by atoms with Crippen molar-refractivity contribution in [1.29, 1.82) is 0 Å². The summed E-state index contributed by atoms with van der Waals surface area (Å²) in [5.41, 5.74) is 6.33. The van der Waals surface area contributed by atoms with Crippen LogP contribution < -0.4 is 11.1 Å². The van der Waals surface area contributed by atoms with Gasteiger partial charge in [-0.2, -0.15) is 11.8 Å². The summed E-state index contributed by atoms with van der Waals surface area (Å²) in [5, 5.41) is 5.44. The van der Waals surface area contributed by atoms with Crippen molar-refractivity contribution in [3.63, 3.8) is 0 Å². The number of carbonyl (C=O) groups is 1. The number of hydrogen-bond donors (Lipinski definition) is 2. The third-order valence-corrected chi connectivity index (χ3v) is 5.86. The van der Waals surface area contributed by atoms with E-state index in [0.717, 1.165) is 12.2 Å². The Hall–Kier alpha value is -0.750. The third kappa shape index (κ3) is 4.11. The minimum atomic E-state index is 0.0456. The van der Waals surface area contributed by atoms with Crippen LogP contribution in [0.2, 0.25) is 0 Å². The van der Waals surface area contributed by atoms with Crippen LogP contribution in [0.25, 0.3) is 0 Å². The van der Waals surface area contributed by atoms with Crippen LogP contribution in [-0.4, -0.2) is 28.4 Å². The second kappa shape index (κ2) is 6.61. The molecule has 1 heterocycles. The number of thiazole rings is 1. The molecular weight excluding hydrogens is 278 g/mol. The summed E-state index contributed by atoms with van der Waals surface area (Å²) < 4.78 is 0.245. The Morgan fingerprint density at radius 3 is 2.84 bits per heavy atom. The third-order valence-electron chi connectivity index (χ3n) is 3.72. The van der Waals surface area contributed by atoms with Crippen LogP contribution in [0.15, 0.2) is 5.38 Å². The van der Waals surface area contributed by atoms with Crippen molar-refractivity contribution < 1.29 is 4.79 Å². The van der Waals surface area contributed by atoms with E-state index in [0.29, 0.717) is 11.6 Å². The first-order chi connectivity index (χ1) is 9.13. The molecule has 4 nitrogen and oxygen atoms in total. The lowest BCUT2D eigenvalue weighted by atomic mass is 9.88. The van der Waals surface area contributed by atoms with E-state index in [1.54, 1.807) is 0 Å². The zero-order valence-electron chi connectivity index (χ0n) is 11.3. The molecule has 106 valence electrons. The molecule has 1 saturated carbocycles. The number of nitrogens with two attached hydrogens (primary N) is 1. The molecule has 0 unspecified atom stereocenters. The van der Waals surface area contributed by atoms with Gasteiger partial charge in [0.25, 0.3) is 0 Å². The van der Waals surface area contributed by atoms with Crippen LogP contribution >= 0.6 is 23.1 Å². The van der Waals surface area contributed by atoms with Crippen molar-refractivity contribution in [2.45, 2.75) is 43.3 Å². The number of rotatable bonds is 5. The highest BCUT2D eigenvalue weighted by atomic mass is 32.2. The topological polar surface area (TPSA) is 68.0 Å². The van der Waals surface area contributed by atoms with Crippen molar-refractivity contribution in [3.8, 4) is 0 Å². The molecule has 1 fully saturated rings. The molecule has 1 aromatic rings. The van der Waals surface area contributed by atoms with Gasteiger partial charge in [0.05, 0.1) is 12.1 Å². The number of nitrogens with zero attached hydrogens (tertiary/aromatic N) is 1. The molecule has 0 bridgehead atoms. The van der Waals surface area contributed by atoms with Gasteiger partial charge in [0, 0.05) is 16.7 Å². The van der Waals surface area contributed by atoms with Gasteiger partial charge in [-0.15, -0.1) is 11.3 Å². The molecular formula is C13H21N3OS2. The lowest BCUT2D eigenvalue weighted by molar-refractivity contribution is -0.120. The molecule has 0 aromatic carbocycles. The normalized spacial score (nSPS) is 18.2. The number of nitrogen functional groups attached to an aromatic ring is 1. The fourth-order valence-corrected chi connectivity index (χ4v) is 4.02. The van der Waals surface area contributed by atoms with Gasteiger partial charge >= 0.3 is 0 Å². The molecule has 1 aliphatic carbocycles. The van der Waals surface area contributed by atoms with E-state index in [4.69, 9.17) is 5.73 Å². The maximum atomic E-state index is 11.9. The molecule has 6 heteroatoms. The molecule has 1 amide bonds. The largest absolute Gasteiger partial charge is 0.375 e. The standard InChI is InChI=1S/C13H21N3OS2/c1-18-13(5-3-2-4-6-13)9-15-11(17)7-10-8-19-12(14)16-10/h8H,2-7,9H2,1H3,(H2,14,16)(H,15,17). The lowest BCUT2D eigenvalue weighted by Gasteiger charge is -2.35. The van der Waals surface area contributed by atoms with Crippen molar-refractivity contribution >= 4 is 34.1 Å². The summed E-state index contributed by atoms with van der Waals surface area (Å²) in [5.74, 6) is 0.0456. The summed E-state index contributed by atoms with van der Waals surface area (Å²) in [6.07, 6.45) is 8.78. The Kier molecular flexibility index (Phi) is 5.10. The maximum absolute atomic E-state index is 11.9. The zero-order valence-corrected chi connectivity index (χ0v) is 12.9. The summed E-state index contributed by atoms with van der Waals surface area (Å²) in [4.78, 5) is 16.0. The minimum Gasteiger partial charge on any atom is -0.375 e. The van der Waals surface area contributed by atoms with Gasteiger partial charge in [-0.25, -0.2) is 4.98 Å². The number of thioether (sulfide) groups is 1. The number of hydrogen-bond acceptors (Lipinski definition) is 5. The smallest absolute Gasteiger partial charge is 0.226 e. The molecule has 0 aliphatic heterocycles. The molecule has 0 atom stereocenters. The predicted octanol–water partition coefficient (Wildman–Crippen LogP) is 2.45. The first-order valence-electron chi connectivity index (χ1n) is 6.65. The second-order valence-electron chi connectivity index (χ2n) is 5.08. The Morgan fingerprint density at radius 1 is 1.53 bits per heavy atom. The Bertz CT molecular complexity index is 427. The fourth-order valence-electron chi connectivity index (χ4n) is 2.54. The Labute approximate surface area is 122 Å². The van der Waals surface area contributed by atoms with Gasteiger partial charge in [0.15, 0.2) is 5.13 Å². The van der Waals surface area contributed by atoms with E-state index >= 15 is 0 Å². The van der Waals surface area contributed by atoms with E-state index in [1.165, 1.54) is 43.4 Å². The quantitative estimate of drug-likeness (QED) is 0.876. The van der Waals surface area contributed by atoms with Crippen LogP contribution in [0.4, 0.5) is 5.13 Å². The molecule has 0 radical (unpaired) electrons. The van der Waals surface area contributed by atoms with Crippen LogP contribution in [0.3, 0.4) is 0 Å². The van der Waals surface area contributed by atoms with E-state index in [1.807, 2.05) is 17.1 Å². The fraction of sp³-hybridized carbons (Fsp3) is 0.692. The van der Waals surface area contributed by atoms with Crippen molar-refractivity contribution in [2.75, 3.05) is 18.5 Å². The van der Waals surface area contributed by atoms with Gasteiger partial charge in [-0.05, 0) is 19.1 Å². The van der Waals surface area contributed by atoms with E-state index in [2.05, 4.69) is 16.6 Å².